The van der Waals surface area contributed by atoms with Crippen LogP contribution < -0.4 is 10.1 Å². The number of pyridine rings is 1. The summed E-state index contributed by atoms with van der Waals surface area (Å²) in [5, 5.41) is 12.3. The van der Waals surface area contributed by atoms with Crippen molar-refractivity contribution in [3.63, 3.8) is 0 Å². The van der Waals surface area contributed by atoms with Crippen molar-refractivity contribution < 1.29 is 14.6 Å². The Morgan fingerprint density at radius 1 is 1.12 bits per heavy atom. The van der Waals surface area contributed by atoms with E-state index in [0.717, 1.165) is 10.0 Å². The fourth-order valence-electron chi connectivity index (χ4n) is 2.33. The van der Waals surface area contributed by atoms with Crippen LogP contribution in [0.25, 0.3) is 0 Å². The number of amides is 1. The number of carbonyl (C=O) groups is 1. The Labute approximate surface area is 159 Å². The lowest BCUT2D eigenvalue weighted by molar-refractivity contribution is 0.0953. The SMILES string of the molecule is O=C(NCCc1cccc(O)c1)c1ccc(Oc2ccc(Br)cc2)nc1. The van der Waals surface area contributed by atoms with Crippen LogP contribution in [0.2, 0.25) is 0 Å². The second-order valence-corrected chi connectivity index (χ2v) is 6.53. The minimum absolute atomic E-state index is 0.201. The average molecular weight is 413 g/mol. The first-order chi connectivity index (χ1) is 12.6. The van der Waals surface area contributed by atoms with E-state index in [9.17, 15) is 9.90 Å². The number of phenolic OH excluding ortho intramolecular Hbond substituents is 1. The standard InChI is InChI=1S/C20H17BrN2O3/c21-16-5-7-18(8-6-16)26-19-9-4-15(13-23-19)20(25)22-11-10-14-2-1-3-17(24)12-14/h1-9,12-13,24H,10-11H2,(H,22,25). The van der Waals surface area contributed by atoms with Gasteiger partial charge < -0.3 is 15.2 Å². The Bertz CT molecular complexity index is 880. The van der Waals surface area contributed by atoms with Gasteiger partial charge in [-0.15, -0.1) is 0 Å². The summed E-state index contributed by atoms with van der Waals surface area (Å²) in [6.07, 6.45) is 2.12. The predicted molar refractivity (Wildman–Crippen MR) is 103 cm³/mol. The first-order valence-electron chi connectivity index (χ1n) is 8.06. The molecule has 0 atom stereocenters. The van der Waals surface area contributed by atoms with Gasteiger partial charge in [-0.1, -0.05) is 28.1 Å². The van der Waals surface area contributed by atoms with Gasteiger partial charge in [0.2, 0.25) is 5.88 Å². The zero-order valence-corrected chi connectivity index (χ0v) is 15.4. The zero-order valence-electron chi connectivity index (χ0n) is 13.9. The fourth-order valence-corrected chi connectivity index (χ4v) is 2.60. The lowest BCUT2D eigenvalue weighted by Gasteiger charge is -2.07. The summed E-state index contributed by atoms with van der Waals surface area (Å²) in [4.78, 5) is 16.3. The Balaban J connectivity index is 1.52. The number of ether oxygens (including phenoxy) is 1. The Hall–Kier alpha value is -2.86. The molecule has 0 saturated heterocycles. The molecule has 2 aromatic carbocycles. The van der Waals surface area contributed by atoms with Crippen LogP contribution in [0.1, 0.15) is 15.9 Å². The third kappa shape index (κ3) is 5.07. The van der Waals surface area contributed by atoms with Crippen molar-refractivity contribution in [3.05, 3.63) is 82.5 Å². The summed E-state index contributed by atoms with van der Waals surface area (Å²) in [7, 11) is 0. The van der Waals surface area contributed by atoms with E-state index in [4.69, 9.17) is 4.74 Å². The zero-order chi connectivity index (χ0) is 18.4. The maximum Gasteiger partial charge on any atom is 0.252 e. The molecule has 0 spiro atoms. The molecule has 0 unspecified atom stereocenters. The number of nitrogens with one attached hydrogen (secondary N) is 1. The van der Waals surface area contributed by atoms with E-state index < -0.39 is 0 Å². The van der Waals surface area contributed by atoms with Gasteiger partial charge in [-0.2, -0.15) is 0 Å². The quantitative estimate of drug-likeness (QED) is 0.632. The molecule has 0 aliphatic heterocycles. The maximum atomic E-state index is 12.2. The number of hydrogen-bond acceptors (Lipinski definition) is 4. The number of rotatable bonds is 6. The molecular weight excluding hydrogens is 396 g/mol. The number of halogens is 1. The normalized spacial score (nSPS) is 10.3. The molecule has 3 rings (SSSR count). The molecule has 0 saturated carbocycles. The summed E-state index contributed by atoms with van der Waals surface area (Å²) >= 11 is 3.37. The number of aromatic hydroxyl groups is 1. The number of benzene rings is 2. The van der Waals surface area contributed by atoms with E-state index in [1.165, 1.54) is 6.20 Å². The van der Waals surface area contributed by atoms with Crippen LogP contribution in [-0.2, 0) is 6.42 Å². The van der Waals surface area contributed by atoms with Crippen LogP contribution in [-0.4, -0.2) is 22.5 Å². The molecule has 5 nitrogen and oxygen atoms in total. The molecule has 1 amide bonds. The monoisotopic (exact) mass is 412 g/mol. The van der Waals surface area contributed by atoms with Gasteiger partial charge >= 0.3 is 0 Å². The summed E-state index contributed by atoms with van der Waals surface area (Å²) in [5.74, 6) is 1.11. The van der Waals surface area contributed by atoms with Crippen LogP contribution in [0, 0.1) is 0 Å². The summed E-state index contributed by atoms with van der Waals surface area (Å²) in [6.45, 7) is 0.472. The fraction of sp³-hybridized carbons (Fsp3) is 0.100. The minimum atomic E-state index is -0.201. The predicted octanol–water partition coefficient (Wildman–Crippen LogP) is 4.31. The Morgan fingerprint density at radius 2 is 1.92 bits per heavy atom. The van der Waals surface area contributed by atoms with Crippen molar-refractivity contribution in [3.8, 4) is 17.4 Å². The van der Waals surface area contributed by atoms with Gasteiger partial charge in [0, 0.05) is 23.3 Å². The highest BCUT2D eigenvalue weighted by atomic mass is 79.9. The highest BCUT2D eigenvalue weighted by Gasteiger charge is 2.07. The van der Waals surface area contributed by atoms with Crippen LogP contribution in [0.4, 0.5) is 0 Å². The van der Waals surface area contributed by atoms with Crippen LogP contribution in [0.3, 0.4) is 0 Å². The third-order valence-corrected chi connectivity index (χ3v) is 4.17. The van der Waals surface area contributed by atoms with Gasteiger partial charge in [0.05, 0.1) is 5.56 Å². The molecule has 2 N–H and O–H groups in total. The molecule has 0 fully saturated rings. The van der Waals surface area contributed by atoms with E-state index in [2.05, 4.69) is 26.2 Å². The molecule has 6 heteroatoms. The largest absolute Gasteiger partial charge is 0.508 e. The third-order valence-electron chi connectivity index (χ3n) is 3.64. The van der Waals surface area contributed by atoms with Crippen molar-refractivity contribution in [2.75, 3.05) is 6.54 Å². The molecule has 1 heterocycles. The number of carbonyl (C=O) groups excluding carboxylic acids is 1. The van der Waals surface area contributed by atoms with E-state index in [-0.39, 0.29) is 11.7 Å². The smallest absolute Gasteiger partial charge is 0.252 e. The molecular formula is C20H17BrN2O3. The van der Waals surface area contributed by atoms with Crippen molar-refractivity contribution >= 4 is 21.8 Å². The van der Waals surface area contributed by atoms with Gasteiger partial charge in [-0.3, -0.25) is 4.79 Å². The first kappa shape index (κ1) is 17.9. The van der Waals surface area contributed by atoms with Crippen molar-refractivity contribution in [2.45, 2.75) is 6.42 Å². The van der Waals surface area contributed by atoms with Crippen molar-refractivity contribution in [1.82, 2.24) is 10.3 Å². The highest BCUT2D eigenvalue weighted by molar-refractivity contribution is 9.10. The summed E-state index contributed by atoms with van der Waals surface area (Å²) in [6, 6.07) is 17.7. The second-order valence-electron chi connectivity index (χ2n) is 5.62. The van der Waals surface area contributed by atoms with Crippen molar-refractivity contribution in [2.24, 2.45) is 0 Å². The molecule has 0 aliphatic rings. The Morgan fingerprint density at radius 3 is 2.62 bits per heavy atom. The number of hydrogen-bond donors (Lipinski definition) is 2. The van der Waals surface area contributed by atoms with Gasteiger partial charge in [-0.25, -0.2) is 4.98 Å². The number of aromatic nitrogens is 1. The van der Waals surface area contributed by atoms with Gasteiger partial charge in [0.25, 0.3) is 5.91 Å². The van der Waals surface area contributed by atoms with Crippen molar-refractivity contribution in [1.29, 1.82) is 0 Å². The summed E-state index contributed by atoms with van der Waals surface area (Å²) in [5.41, 5.74) is 1.42. The minimum Gasteiger partial charge on any atom is -0.508 e. The molecule has 0 aliphatic carbocycles. The first-order valence-corrected chi connectivity index (χ1v) is 8.85. The van der Waals surface area contributed by atoms with E-state index in [1.54, 1.807) is 30.3 Å². The summed E-state index contributed by atoms with van der Waals surface area (Å²) < 4.78 is 6.60. The molecule has 3 aromatic rings. The lowest BCUT2D eigenvalue weighted by Crippen LogP contribution is -2.25. The Kier molecular flexibility index (Phi) is 5.86. The lowest BCUT2D eigenvalue weighted by atomic mass is 10.1. The molecule has 1 aromatic heterocycles. The van der Waals surface area contributed by atoms with Gasteiger partial charge in [-0.05, 0) is 54.4 Å². The van der Waals surface area contributed by atoms with Gasteiger partial charge in [0.15, 0.2) is 0 Å². The van der Waals surface area contributed by atoms with E-state index in [1.807, 2.05) is 30.3 Å². The molecule has 26 heavy (non-hydrogen) atoms. The van der Waals surface area contributed by atoms with Crippen LogP contribution in [0.5, 0.6) is 17.4 Å². The second kappa shape index (κ2) is 8.49. The molecule has 0 bridgehead atoms. The van der Waals surface area contributed by atoms with E-state index in [0.29, 0.717) is 30.2 Å². The topological polar surface area (TPSA) is 71.5 Å². The van der Waals surface area contributed by atoms with Crippen LogP contribution in [0.15, 0.2) is 71.3 Å². The molecule has 132 valence electrons. The highest BCUT2D eigenvalue weighted by Crippen LogP contribution is 2.21. The average Bonchev–Trinajstić information content (AvgIpc) is 2.64. The maximum absolute atomic E-state index is 12.2. The molecule has 0 radical (unpaired) electrons. The number of nitrogens with zero attached hydrogens (tertiary/aromatic N) is 1. The van der Waals surface area contributed by atoms with E-state index >= 15 is 0 Å². The number of phenols is 1. The van der Waals surface area contributed by atoms with Gasteiger partial charge in [0.1, 0.15) is 11.5 Å². The van der Waals surface area contributed by atoms with Crippen LogP contribution >= 0.6 is 15.9 Å².